The summed E-state index contributed by atoms with van der Waals surface area (Å²) in [7, 11) is 0. The number of aromatic amines is 1. The molecule has 6 nitrogen and oxygen atoms in total. The zero-order valence-corrected chi connectivity index (χ0v) is 19.8. The average molecular weight is 508 g/mol. The van der Waals surface area contributed by atoms with Crippen LogP contribution in [0.4, 0.5) is 18.0 Å². The molecule has 2 heterocycles. The van der Waals surface area contributed by atoms with E-state index in [0.717, 1.165) is 22.5 Å². The van der Waals surface area contributed by atoms with Crippen LogP contribution in [-0.4, -0.2) is 59.6 Å². The van der Waals surface area contributed by atoms with Crippen molar-refractivity contribution in [3.05, 3.63) is 70.4 Å². The van der Waals surface area contributed by atoms with E-state index in [4.69, 9.17) is 16.3 Å². The zero-order valence-electron chi connectivity index (χ0n) is 19.1. The molecule has 10 heteroatoms. The Morgan fingerprint density at radius 3 is 2.46 bits per heavy atom. The molecular weight excluding hydrogens is 483 g/mol. The fourth-order valence-corrected chi connectivity index (χ4v) is 4.65. The van der Waals surface area contributed by atoms with Crippen molar-refractivity contribution in [3.8, 4) is 0 Å². The first kappa shape index (κ1) is 24.9. The number of hydrogen-bond acceptors (Lipinski definition) is 3. The van der Waals surface area contributed by atoms with Crippen molar-refractivity contribution in [2.75, 3.05) is 32.8 Å². The number of carbonyl (C=O) groups is 2. The summed E-state index contributed by atoms with van der Waals surface area (Å²) in [6.45, 7) is 3.32. The first-order chi connectivity index (χ1) is 16.7. The zero-order chi connectivity index (χ0) is 25.2. The molecule has 1 atom stereocenters. The molecule has 0 radical (unpaired) electrons. The van der Waals surface area contributed by atoms with Crippen LogP contribution in [0.1, 0.15) is 36.0 Å². The van der Waals surface area contributed by atoms with Crippen molar-refractivity contribution < 1.29 is 27.5 Å². The number of fused-ring (bicyclic) bond motifs is 1. The lowest BCUT2D eigenvalue weighted by molar-refractivity contribution is -0.137. The number of aromatic nitrogens is 1. The van der Waals surface area contributed by atoms with Gasteiger partial charge in [-0.15, -0.1) is 0 Å². The quantitative estimate of drug-likeness (QED) is 0.484. The second kappa shape index (κ2) is 10.2. The van der Waals surface area contributed by atoms with Crippen LogP contribution in [-0.2, 0) is 15.7 Å². The van der Waals surface area contributed by atoms with E-state index >= 15 is 0 Å². The number of para-hydroxylation sites is 1. The summed E-state index contributed by atoms with van der Waals surface area (Å²) < 4.78 is 45.8. The van der Waals surface area contributed by atoms with E-state index in [1.807, 2.05) is 24.3 Å². The summed E-state index contributed by atoms with van der Waals surface area (Å²) in [6.07, 6.45) is -3.33. The van der Waals surface area contributed by atoms with E-state index in [0.29, 0.717) is 31.7 Å². The number of hydrogen-bond donors (Lipinski definition) is 1. The molecule has 1 aliphatic rings. The number of halogens is 4. The maximum atomic E-state index is 13.6. The molecule has 186 valence electrons. The first-order valence-corrected chi connectivity index (χ1v) is 11.7. The molecule has 1 aromatic heterocycles. The number of amides is 2. The molecule has 0 saturated carbocycles. The molecule has 0 bridgehead atoms. The van der Waals surface area contributed by atoms with Crippen molar-refractivity contribution in [2.45, 2.75) is 25.4 Å². The molecule has 0 aliphatic carbocycles. The Balaban J connectivity index is 1.63. The van der Waals surface area contributed by atoms with Gasteiger partial charge in [-0.25, -0.2) is 4.79 Å². The number of piperazine rings is 1. The van der Waals surface area contributed by atoms with Gasteiger partial charge in [0.15, 0.2) is 0 Å². The first-order valence-electron chi connectivity index (χ1n) is 11.3. The molecule has 1 saturated heterocycles. The van der Waals surface area contributed by atoms with Gasteiger partial charge in [0.25, 0.3) is 0 Å². The third kappa shape index (κ3) is 5.40. The predicted molar refractivity (Wildman–Crippen MR) is 126 cm³/mol. The molecule has 1 aliphatic heterocycles. The third-order valence-corrected chi connectivity index (χ3v) is 6.56. The fraction of sp³-hybridized carbons (Fsp3) is 0.360. The summed E-state index contributed by atoms with van der Waals surface area (Å²) in [6, 6.07) is 11.2. The van der Waals surface area contributed by atoms with Crippen molar-refractivity contribution in [1.82, 2.24) is 14.8 Å². The molecule has 0 spiro atoms. The summed E-state index contributed by atoms with van der Waals surface area (Å²) in [5, 5.41) is 0.446. The second-order valence-electron chi connectivity index (χ2n) is 8.35. The highest BCUT2D eigenvalue weighted by molar-refractivity contribution is 6.31. The number of alkyl halides is 3. The van der Waals surface area contributed by atoms with E-state index in [1.54, 1.807) is 22.9 Å². The van der Waals surface area contributed by atoms with E-state index < -0.39 is 23.8 Å². The Kier molecular flexibility index (Phi) is 7.25. The van der Waals surface area contributed by atoms with Crippen LogP contribution in [0.5, 0.6) is 0 Å². The van der Waals surface area contributed by atoms with Gasteiger partial charge in [0.2, 0.25) is 5.91 Å². The number of nitrogens with one attached hydrogen (secondary N) is 1. The SMILES string of the molecule is CCOC(=O)N1CCN(C(=O)CC(c2ccc(Cl)c(C(F)(F)F)c2)c2c[nH]c3ccccc23)CC1. The van der Waals surface area contributed by atoms with E-state index in [9.17, 15) is 22.8 Å². The summed E-state index contributed by atoms with van der Waals surface area (Å²) >= 11 is 5.85. The van der Waals surface area contributed by atoms with Gasteiger partial charge in [-0.05, 0) is 36.2 Å². The van der Waals surface area contributed by atoms with Crippen LogP contribution in [0.25, 0.3) is 10.9 Å². The highest BCUT2D eigenvalue weighted by atomic mass is 35.5. The minimum absolute atomic E-state index is 0.0276. The van der Waals surface area contributed by atoms with Gasteiger partial charge in [0, 0.05) is 55.6 Å². The number of rotatable bonds is 5. The van der Waals surface area contributed by atoms with E-state index in [-0.39, 0.29) is 24.0 Å². The van der Waals surface area contributed by atoms with Crippen molar-refractivity contribution in [1.29, 1.82) is 0 Å². The number of benzene rings is 2. The minimum atomic E-state index is -4.62. The molecule has 1 fully saturated rings. The van der Waals surface area contributed by atoms with Crippen molar-refractivity contribution in [3.63, 3.8) is 0 Å². The van der Waals surface area contributed by atoms with Crippen LogP contribution in [0, 0.1) is 0 Å². The molecule has 3 aromatic rings. The maximum absolute atomic E-state index is 13.6. The largest absolute Gasteiger partial charge is 0.450 e. The lowest BCUT2D eigenvalue weighted by Crippen LogP contribution is -2.50. The van der Waals surface area contributed by atoms with E-state index in [2.05, 4.69) is 4.98 Å². The fourth-order valence-electron chi connectivity index (χ4n) is 4.42. The smallest absolute Gasteiger partial charge is 0.417 e. The number of carbonyl (C=O) groups excluding carboxylic acids is 2. The van der Waals surface area contributed by atoms with Gasteiger partial charge < -0.3 is 19.5 Å². The van der Waals surface area contributed by atoms with Crippen LogP contribution in [0.3, 0.4) is 0 Å². The summed E-state index contributed by atoms with van der Waals surface area (Å²) in [5.74, 6) is -0.826. The van der Waals surface area contributed by atoms with Crippen LogP contribution in [0.2, 0.25) is 5.02 Å². The van der Waals surface area contributed by atoms with Crippen molar-refractivity contribution in [2.24, 2.45) is 0 Å². The highest BCUT2D eigenvalue weighted by Gasteiger charge is 2.35. The van der Waals surface area contributed by atoms with E-state index in [1.165, 1.54) is 12.1 Å². The summed E-state index contributed by atoms with van der Waals surface area (Å²) in [5.41, 5.74) is 0.976. The molecule has 35 heavy (non-hydrogen) atoms. The van der Waals surface area contributed by atoms with Crippen molar-refractivity contribution >= 4 is 34.5 Å². The molecule has 1 N–H and O–H groups in total. The highest BCUT2D eigenvalue weighted by Crippen LogP contribution is 2.40. The average Bonchev–Trinajstić information content (AvgIpc) is 3.26. The van der Waals surface area contributed by atoms with Gasteiger partial charge >= 0.3 is 12.3 Å². The lowest BCUT2D eigenvalue weighted by Gasteiger charge is -2.34. The van der Waals surface area contributed by atoms with Crippen LogP contribution in [0.15, 0.2) is 48.7 Å². The Bertz CT molecular complexity index is 1220. The molecule has 4 rings (SSSR count). The molecular formula is C25H25ClF3N3O3. The Labute approximate surface area is 205 Å². The number of nitrogens with zero attached hydrogens (tertiary/aromatic N) is 2. The van der Waals surface area contributed by atoms with Gasteiger partial charge in [-0.1, -0.05) is 35.9 Å². The molecule has 2 aromatic carbocycles. The molecule has 1 unspecified atom stereocenters. The van der Waals surface area contributed by atoms with Gasteiger partial charge in [0.05, 0.1) is 17.2 Å². The Hall–Kier alpha value is -3.20. The number of ether oxygens (including phenoxy) is 1. The topological polar surface area (TPSA) is 65.6 Å². The lowest BCUT2D eigenvalue weighted by atomic mass is 9.87. The Morgan fingerprint density at radius 2 is 1.77 bits per heavy atom. The van der Waals surface area contributed by atoms with Crippen LogP contribution < -0.4 is 0 Å². The maximum Gasteiger partial charge on any atom is 0.417 e. The minimum Gasteiger partial charge on any atom is -0.450 e. The second-order valence-corrected chi connectivity index (χ2v) is 8.76. The Morgan fingerprint density at radius 1 is 1.09 bits per heavy atom. The van der Waals surface area contributed by atoms with Crippen LogP contribution >= 0.6 is 11.6 Å². The third-order valence-electron chi connectivity index (χ3n) is 6.23. The van der Waals surface area contributed by atoms with Gasteiger partial charge in [-0.3, -0.25) is 4.79 Å². The number of H-pyrrole nitrogens is 1. The van der Waals surface area contributed by atoms with Gasteiger partial charge in [-0.2, -0.15) is 13.2 Å². The normalized spacial score (nSPS) is 15.3. The van der Waals surface area contributed by atoms with Gasteiger partial charge in [0.1, 0.15) is 0 Å². The monoisotopic (exact) mass is 507 g/mol. The summed E-state index contributed by atoms with van der Waals surface area (Å²) in [4.78, 5) is 31.6. The predicted octanol–water partition coefficient (Wildman–Crippen LogP) is 5.66. The standard InChI is InChI=1S/C25H25ClF3N3O3/c1-2-35-24(34)32-11-9-31(10-12-32)23(33)14-18(19-15-30-22-6-4-3-5-17(19)22)16-7-8-21(26)20(13-16)25(27,28)29/h3-8,13,15,18,30H,2,9-12,14H2,1H3. The molecule has 2 amide bonds.